The summed E-state index contributed by atoms with van der Waals surface area (Å²) in [7, 11) is 1.57. The molecule has 0 aliphatic carbocycles. The summed E-state index contributed by atoms with van der Waals surface area (Å²) in [6, 6.07) is 5.27. The summed E-state index contributed by atoms with van der Waals surface area (Å²) in [5, 5.41) is 9.77. The third kappa shape index (κ3) is 4.80. The highest BCUT2D eigenvalue weighted by atomic mass is 16.5. The zero-order valence-electron chi connectivity index (χ0n) is 11.7. The standard InChI is InChI=1S/C15H21NO3/c1-11(2)7-8-19-14-6-5-12(9-15(14)18-4)13(17)10-16-3/h5-6,9,11,13,17H,7-8,10H2,1-2,4H3. The highest BCUT2D eigenvalue weighted by Gasteiger charge is 2.14. The minimum Gasteiger partial charge on any atom is -0.493 e. The van der Waals surface area contributed by atoms with Gasteiger partial charge in [-0.3, -0.25) is 0 Å². The van der Waals surface area contributed by atoms with E-state index in [-0.39, 0.29) is 6.54 Å². The zero-order chi connectivity index (χ0) is 14.3. The molecule has 1 unspecified atom stereocenters. The van der Waals surface area contributed by atoms with Crippen molar-refractivity contribution >= 4 is 0 Å². The Morgan fingerprint density at radius 2 is 2.05 bits per heavy atom. The maximum atomic E-state index is 9.77. The van der Waals surface area contributed by atoms with Gasteiger partial charge in [0.1, 0.15) is 0 Å². The summed E-state index contributed by atoms with van der Waals surface area (Å²) in [5.41, 5.74) is 0.670. The van der Waals surface area contributed by atoms with E-state index in [2.05, 4.69) is 18.7 Å². The third-order valence-corrected chi connectivity index (χ3v) is 2.79. The first-order valence-electron chi connectivity index (χ1n) is 6.40. The lowest BCUT2D eigenvalue weighted by Crippen LogP contribution is -2.04. The Kier molecular flexibility index (Phi) is 6.17. The molecule has 4 heteroatoms. The lowest BCUT2D eigenvalue weighted by atomic mass is 10.1. The molecule has 1 aromatic carbocycles. The Morgan fingerprint density at radius 1 is 1.32 bits per heavy atom. The maximum absolute atomic E-state index is 9.77. The number of nitrogens with zero attached hydrogens (tertiary/aromatic N) is 1. The molecule has 104 valence electrons. The normalized spacial score (nSPS) is 12.0. The summed E-state index contributed by atoms with van der Waals surface area (Å²) < 4.78 is 10.9. The molecule has 0 aliphatic rings. The van der Waals surface area contributed by atoms with Crippen molar-refractivity contribution in [3.8, 4) is 11.5 Å². The van der Waals surface area contributed by atoms with Crippen molar-refractivity contribution in [2.24, 2.45) is 5.92 Å². The van der Waals surface area contributed by atoms with E-state index >= 15 is 0 Å². The number of aliphatic hydroxyl groups is 1. The van der Waals surface area contributed by atoms with Gasteiger partial charge < -0.3 is 19.4 Å². The largest absolute Gasteiger partial charge is 0.493 e. The SMILES string of the molecule is [C-]#[N+]CC(O)c1ccc(OCCC(C)C)c(OC)c1. The van der Waals surface area contributed by atoms with Crippen molar-refractivity contribution in [2.45, 2.75) is 26.4 Å². The number of benzene rings is 1. The van der Waals surface area contributed by atoms with E-state index < -0.39 is 6.10 Å². The van der Waals surface area contributed by atoms with E-state index in [1.54, 1.807) is 25.3 Å². The van der Waals surface area contributed by atoms with Gasteiger partial charge in [-0.25, -0.2) is 6.57 Å². The van der Waals surface area contributed by atoms with Crippen LogP contribution in [-0.2, 0) is 0 Å². The van der Waals surface area contributed by atoms with Gasteiger partial charge in [-0.2, -0.15) is 0 Å². The highest BCUT2D eigenvalue weighted by molar-refractivity contribution is 5.43. The number of methoxy groups -OCH3 is 1. The monoisotopic (exact) mass is 263 g/mol. The molecule has 1 N–H and O–H groups in total. The number of rotatable bonds is 7. The molecule has 1 rings (SSSR count). The topological polar surface area (TPSA) is 43.0 Å². The lowest BCUT2D eigenvalue weighted by molar-refractivity contribution is 0.194. The minimum atomic E-state index is -0.781. The summed E-state index contributed by atoms with van der Waals surface area (Å²) in [5.74, 6) is 1.85. The quantitative estimate of drug-likeness (QED) is 0.769. The molecule has 0 saturated heterocycles. The van der Waals surface area contributed by atoms with Gasteiger partial charge in [0.05, 0.1) is 13.7 Å². The first-order chi connectivity index (χ1) is 9.08. The van der Waals surface area contributed by atoms with Gasteiger partial charge in [0.15, 0.2) is 17.6 Å². The van der Waals surface area contributed by atoms with Crippen LogP contribution in [0.2, 0.25) is 0 Å². The molecule has 0 bridgehead atoms. The molecule has 4 nitrogen and oxygen atoms in total. The van der Waals surface area contributed by atoms with Gasteiger partial charge in [0.25, 0.3) is 0 Å². The van der Waals surface area contributed by atoms with Gasteiger partial charge in [-0.05, 0) is 30.0 Å². The molecule has 0 heterocycles. The van der Waals surface area contributed by atoms with E-state index in [0.717, 1.165) is 6.42 Å². The average Bonchev–Trinajstić information content (AvgIpc) is 2.38. The van der Waals surface area contributed by atoms with Crippen LogP contribution in [-0.4, -0.2) is 25.4 Å². The van der Waals surface area contributed by atoms with Crippen LogP contribution in [0.3, 0.4) is 0 Å². The third-order valence-electron chi connectivity index (χ3n) is 2.79. The molecular weight excluding hydrogens is 242 g/mol. The number of hydrogen-bond acceptors (Lipinski definition) is 3. The van der Waals surface area contributed by atoms with Crippen molar-refractivity contribution < 1.29 is 14.6 Å². The van der Waals surface area contributed by atoms with Crippen molar-refractivity contribution in [3.05, 3.63) is 35.2 Å². The molecule has 0 aliphatic heterocycles. The smallest absolute Gasteiger partial charge is 0.244 e. The van der Waals surface area contributed by atoms with Gasteiger partial charge >= 0.3 is 0 Å². The predicted octanol–water partition coefficient (Wildman–Crippen LogP) is 3.07. The van der Waals surface area contributed by atoms with Crippen LogP contribution < -0.4 is 9.47 Å². The first kappa shape index (κ1) is 15.3. The van der Waals surface area contributed by atoms with Crippen molar-refractivity contribution in [3.63, 3.8) is 0 Å². The fourth-order valence-corrected chi connectivity index (χ4v) is 1.61. The molecule has 0 fully saturated rings. The average molecular weight is 263 g/mol. The van der Waals surface area contributed by atoms with Crippen molar-refractivity contribution in [2.75, 3.05) is 20.3 Å². The molecular formula is C15H21NO3. The second-order valence-corrected chi connectivity index (χ2v) is 4.80. The van der Waals surface area contributed by atoms with Crippen LogP contribution in [0.15, 0.2) is 18.2 Å². The summed E-state index contributed by atoms with van der Waals surface area (Å²) in [4.78, 5) is 3.19. The van der Waals surface area contributed by atoms with Crippen molar-refractivity contribution in [1.29, 1.82) is 0 Å². The van der Waals surface area contributed by atoms with Gasteiger partial charge in [0.2, 0.25) is 6.54 Å². The van der Waals surface area contributed by atoms with Crippen LogP contribution in [0.4, 0.5) is 0 Å². The fourth-order valence-electron chi connectivity index (χ4n) is 1.61. The fraction of sp³-hybridized carbons (Fsp3) is 0.533. The summed E-state index contributed by atoms with van der Waals surface area (Å²) >= 11 is 0. The molecule has 1 atom stereocenters. The number of aliphatic hydroxyl groups excluding tert-OH is 1. The van der Waals surface area contributed by atoms with Gasteiger partial charge in [-0.15, -0.1) is 0 Å². The molecule has 0 amide bonds. The van der Waals surface area contributed by atoms with E-state index in [0.29, 0.717) is 29.6 Å². The molecule has 0 spiro atoms. The maximum Gasteiger partial charge on any atom is 0.244 e. The van der Waals surface area contributed by atoms with Crippen LogP contribution in [0.5, 0.6) is 11.5 Å². The van der Waals surface area contributed by atoms with Gasteiger partial charge in [-0.1, -0.05) is 19.9 Å². The Hall–Kier alpha value is -1.73. The van der Waals surface area contributed by atoms with E-state index in [9.17, 15) is 5.11 Å². The van der Waals surface area contributed by atoms with E-state index in [4.69, 9.17) is 16.0 Å². The Labute approximate surface area is 114 Å². The van der Waals surface area contributed by atoms with Crippen LogP contribution in [0.1, 0.15) is 31.9 Å². The highest BCUT2D eigenvalue weighted by Crippen LogP contribution is 2.30. The molecule has 1 aromatic rings. The first-order valence-corrected chi connectivity index (χ1v) is 6.40. The second-order valence-electron chi connectivity index (χ2n) is 4.80. The van der Waals surface area contributed by atoms with Crippen LogP contribution in [0, 0.1) is 12.5 Å². The predicted molar refractivity (Wildman–Crippen MR) is 74.4 cm³/mol. The second kappa shape index (κ2) is 7.65. The van der Waals surface area contributed by atoms with E-state index in [1.165, 1.54) is 0 Å². The number of ether oxygens (including phenoxy) is 2. The zero-order valence-corrected chi connectivity index (χ0v) is 11.7. The lowest BCUT2D eigenvalue weighted by Gasteiger charge is -2.14. The van der Waals surface area contributed by atoms with Crippen LogP contribution >= 0.6 is 0 Å². The van der Waals surface area contributed by atoms with Crippen LogP contribution in [0.25, 0.3) is 4.85 Å². The van der Waals surface area contributed by atoms with Crippen molar-refractivity contribution in [1.82, 2.24) is 0 Å². The summed E-state index contributed by atoms with van der Waals surface area (Å²) in [6.45, 7) is 11.7. The molecule has 19 heavy (non-hydrogen) atoms. The Bertz CT molecular complexity index is 438. The minimum absolute atomic E-state index is 0.0523. The molecule has 0 radical (unpaired) electrons. The summed E-state index contributed by atoms with van der Waals surface area (Å²) in [6.07, 6.45) is 0.196. The Morgan fingerprint density at radius 3 is 2.63 bits per heavy atom. The Balaban J connectivity index is 2.76. The molecule has 0 saturated carbocycles. The van der Waals surface area contributed by atoms with E-state index in [1.807, 2.05) is 0 Å². The van der Waals surface area contributed by atoms with Gasteiger partial charge in [0, 0.05) is 0 Å². The number of hydrogen-bond donors (Lipinski definition) is 1. The molecule has 0 aromatic heterocycles.